The number of carboxylic acid groups (broad SMARTS) is 1. The van der Waals surface area contributed by atoms with Crippen LogP contribution in [-0.2, 0) is 4.79 Å². The van der Waals surface area contributed by atoms with E-state index in [9.17, 15) is 9.59 Å². The lowest BCUT2D eigenvalue weighted by atomic mass is 10.2. The fraction of sp³-hybridized carbons (Fsp3) is 0.857. The normalized spacial score (nSPS) is 12.3. The molecule has 0 aromatic carbocycles. The first-order valence-corrected chi connectivity index (χ1v) is 7.14. The van der Waals surface area contributed by atoms with Crippen LogP contribution in [0.15, 0.2) is 0 Å². The monoisotopic (exact) mass is 272 g/mol. The number of urea groups is 1. The molecule has 0 spiro atoms. The summed E-state index contributed by atoms with van der Waals surface area (Å²) in [5, 5.41) is 8.92. The third-order valence-corrected chi connectivity index (χ3v) is 3.30. The van der Waals surface area contributed by atoms with Crippen LogP contribution in [0.4, 0.5) is 4.79 Å². The number of amides is 2. The van der Waals surface area contributed by atoms with E-state index in [1.807, 2.05) is 27.7 Å². The summed E-state index contributed by atoms with van der Waals surface area (Å²) < 4.78 is 0. The van der Waals surface area contributed by atoms with Gasteiger partial charge in [-0.05, 0) is 33.6 Å². The molecule has 0 aliphatic heterocycles. The highest BCUT2D eigenvalue weighted by atomic mass is 16.4. The first-order chi connectivity index (χ1) is 8.84. The second kappa shape index (κ2) is 8.77. The molecule has 2 amide bonds. The van der Waals surface area contributed by atoms with Crippen LogP contribution in [0, 0.1) is 0 Å². The molecule has 0 saturated heterocycles. The topological polar surface area (TPSA) is 60.9 Å². The predicted octanol–water partition coefficient (Wildman–Crippen LogP) is 2.80. The molecule has 1 N–H and O–H groups in total. The van der Waals surface area contributed by atoms with Crippen molar-refractivity contribution in [1.82, 2.24) is 9.80 Å². The molecule has 0 bridgehead atoms. The van der Waals surface area contributed by atoms with Gasteiger partial charge in [-0.1, -0.05) is 20.3 Å². The van der Waals surface area contributed by atoms with Crippen molar-refractivity contribution < 1.29 is 14.7 Å². The maximum absolute atomic E-state index is 12.5. The zero-order valence-electron chi connectivity index (χ0n) is 12.8. The minimum absolute atomic E-state index is 0.114. The molecule has 5 nitrogen and oxygen atoms in total. The summed E-state index contributed by atoms with van der Waals surface area (Å²) >= 11 is 0. The Bertz CT molecular complexity index is 292. The molecule has 0 aromatic rings. The summed E-state index contributed by atoms with van der Waals surface area (Å²) in [6.07, 6.45) is 2.82. The van der Waals surface area contributed by atoms with Gasteiger partial charge < -0.3 is 14.9 Å². The lowest BCUT2D eigenvalue weighted by molar-refractivity contribution is -0.138. The van der Waals surface area contributed by atoms with E-state index in [0.29, 0.717) is 6.54 Å². The molecule has 0 heterocycles. The average molecular weight is 272 g/mol. The minimum Gasteiger partial charge on any atom is -0.480 e. The van der Waals surface area contributed by atoms with Crippen molar-refractivity contribution in [2.45, 2.75) is 66.0 Å². The highest BCUT2D eigenvalue weighted by molar-refractivity contribution is 5.80. The molecule has 19 heavy (non-hydrogen) atoms. The van der Waals surface area contributed by atoms with Crippen LogP contribution >= 0.6 is 0 Å². The summed E-state index contributed by atoms with van der Waals surface area (Å²) in [6, 6.07) is -0.147. The van der Waals surface area contributed by atoms with Crippen molar-refractivity contribution in [3.63, 3.8) is 0 Å². The number of carbonyl (C=O) groups is 2. The SMILES string of the molecule is CCCCN(C(=O)N(CC(=O)O)C(C)C)C(C)CC. The molecular weight excluding hydrogens is 244 g/mol. The van der Waals surface area contributed by atoms with Crippen LogP contribution in [0.25, 0.3) is 0 Å². The van der Waals surface area contributed by atoms with E-state index >= 15 is 0 Å². The highest BCUT2D eigenvalue weighted by Crippen LogP contribution is 2.12. The summed E-state index contributed by atoms with van der Waals surface area (Å²) in [7, 11) is 0. The fourth-order valence-electron chi connectivity index (χ4n) is 1.84. The predicted molar refractivity (Wildman–Crippen MR) is 76.2 cm³/mol. The number of unbranched alkanes of at least 4 members (excludes halogenated alkanes) is 1. The molecule has 5 heteroatoms. The first kappa shape index (κ1) is 17.7. The standard InChI is InChI=1S/C14H28N2O3/c1-6-8-9-15(12(5)7-2)14(19)16(11(3)4)10-13(17)18/h11-12H,6-10H2,1-5H3,(H,17,18). The largest absolute Gasteiger partial charge is 0.480 e. The Hall–Kier alpha value is -1.26. The molecule has 0 aromatic heterocycles. The Morgan fingerprint density at radius 1 is 1.11 bits per heavy atom. The van der Waals surface area contributed by atoms with Gasteiger partial charge in [0.05, 0.1) is 0 Å². The molecule has 0 aliphatic carbocycles. The van der Waals surface area contributed by atoms with Gasteiger partial charge in [0.1, 0.15) is 6.54 Å². The second-order valence-electron chi connectivity index (χ2n) is 5.20. The zero-order chi connectivity index (χ0) is 15.0. The summed E-state index contributed by atoms with van der Waals surface area (Å²) in [5.74, 6) is -0.971. The molecule has 1 unspecified atom stereocenters. The summed E-state index contributed by atoms with van der Waals surface area (Å²) in [4.78, 5) is 26.6. The number of hydrogen-bond acceptors (Lipinski definition) is 2. The summed E-state index contributed by atoms with van der Waals surface area (Å²) in [5.41, 5.74) is 0. The third-order valence-electron chi connectivity index (χ3n) is 3.30. The molecular formula is C14H28N2O3. The maximum atomic E-state index is 12.5. The Morgan fingerprint density at radius 2 is 1.68 bits per heavy atom. The van der Waals surface area contributed by atoms with E-state index in [0.717, 1.165) is 19.3 Å². The molecule has 0 aliphatic rings. The van der Waals surface area contributed by atoms with Gasteiger partial charge in [-0.25, -0.2) is 4.79 Å². The van der Waals surface area contributed by atoms with E-state index in [1.165, 1.54) is 4.90 Å². The van der Waals surface area contributed by atoms with E-state index < -0.39 is 5.97 Å². The van der Waals surface area contributed by atoms with Gasteiger partial charge in [-0.15, -0.1) is 0 Å². The maximum Gasteiger partial charge on any atom is 0.323 e. The van der Waals surface area contributed by atoms with Gasteiger partial charge in [0.25, 0.3) is 0 Å². The first-order valence-electron chi connectivity index (χ1n) is 7.14. The third kappa shape index (κ3) is 5.94. The van der Waals surface area contributed by atoms with Gasteiger partial charge in [0, 0.05) is 18.6 Å². The van der Waals surface area contributed by atoms with Crippen LogP contribution in [0.5, 0.6) is 0 Å². The van der Waals surface area contributed by atoms with Gasteiger partial charge in [0.15, 0.2) is 0 Å². The van der Waals surface area contributed by atoms with Crippen LogP contribution in [0.1, 0.15) is 53.9 Å². The van der Waals surface area contributed by atoms with Gasteiger partial charge in [-0.3, -0.25) is 4.79 Å². The van der Waals surface area contributed by atoms with Crippen molar-refractivity contribution in [1.29, 1.82) is 0 Å². The van der Waals surface area contributed by atoms with Crippen LogP contribution in [0.3, 0.4) is 0 Å². The van der Waals surface area contributed by atoms with E-state index in [-0.39, 0.29) is 24.7 Å². The van der Waals surface area contributed by atoms with Crippen molar-refractivity contribution in [2.75, 3.05) is 13.1 Å². The highest BCUT2D eigenvalue weighted by Gasteiger charge is 2.27. The molecule has 112 valence electrons. The summed E-state index contributed by atoms with van der Waals surface area (Å²) in [6.45, 7) is 10.3. The van der Waals surface area contributed by atoms with Crippen molar-refractivity contribution in [3.8, 4) is 0 Å². The van der Waals surface area contributed by atoms with Crippen LogP contribution < -0.4 is 0 Å². The van der Waals surface area contributed by atoms with E-state index in [1.54, 1.807) is 4.90 Å². The number of nitrogens with zero attached hydrogens (tertiary/aromatic N) is 2. The number of carboxylic acids is 1. The quantitative estimate of drug-likeness (QED) is 0.739. The van der Waals surface area contributed by atoms with E-state index in [2.05, 4.69) is 6.92 Å². The van der Waals surface area contributed by atoms with Crippen LogP contribution in [-0.4, -0.2) is 52.1 Å². The van der Waals surface area contributed by atoms with E-state index in [4.69, 9.17) is 5.11 Å². The molecule has 0 rings (SSSR count). The molecule has 0 saturated carbocycles. The second-order valence-corrected chi connectivity index (χ2v) is 5.20. The van der Waals surface area contributed by atoms with Crippen molar-refractivity contribution in [3.05, 3.63) is 0 Å². The Balaban J connectivity index is 4.94. The number of rotatable bonds is 8. The number of carbonyl (C=O) groups excluding carboxylic acids is 1. The minimum atomic E-state index is -0.971. The lowest BCUT2D eigenvalue weighted by Gasteiger charge is -2.35. The smallest absolute Gasteiger partial charge is 0.323 e. The average Bonchev–Trinajstić information content (AvgIpc) is 2.35. The van der Waals surface area contributed by atoms with Gasteiger partial charge in [0.2, 0.25) is 0 Å². The van der Waals surface area contributed by atoms with Gasteiger partial charge in [-0.2, -0.15) is 0 Å². The Morgan fingerprint density at radius 3 is 2.05 bits per heavy atom. The molecule has 0 radical (unpaired) electrons. The van der Waals surface area contributed by atoms with Crippen molar-refractivity contribution >= 4 is 12.0 Å². The zero-order valence-corrected chi connectivity index (χ0v) is 12.8. The lowest BCUT2D eigenvalue weighted by Crippen LogP contribution is -2.51. The molecule has 1 atom stereocenters. The molecule has 0 fully saturated rings. The number of hydrogen-bond donors (Lipinski definition) is 1. The Kier molecular flexibility index (Phi) is 8.19. The van der Waals surface area contributed by atoms with Crippen molar-refractivity contribution in [2.24, 2.45) is 0 Å². The van der Waals surface area contributed by atoms with Crippen LogP contribution in [0.2, 0.25) is 0 Å². The fourth-order valence-corrected chi connectivity index (χ4v) is 1.84. The number of aliphatic carboxylic acids is 1. The Labute approximate surface area is 116 Å². The van der Waals surface area contributed by atoms with Gasteiger partial charge >= 0.3 is 12.0 Å².